The summed E-state index contributed by atoms with van der Waals surface area (Å²) in [6.45, 7) is 3.77. The van der Waals surface area contributed by atoms with E-state index in [4.69, 9.17) is 10.5 Å². The van der Waals surface area contributed by atoms with Crippen LogP contribution in [0.5, 0.6) is 5.75 Å². The molecule has 1 radical (unpaired) electrons. The van der Waals surface area contributed by atoms with E-state index in [-0.39, 0.29) is 12.1 Å². The van der Waals surface area contributed by atoms with E-state index in [0.29, 0.717) is 36.6 Å². The number of amides is 1. The number of ether oxygens (including phenoxy) is 1. The molecule has 129 valence electrons. The highest BCUT2D eigenvalue weighted by atomic mass is 31.2. The third-order valence-corrected chi connectivity index (χ3v) is 7.77. The fraction of sp³-hybridized carbons (Fsp3) is 0.562. The molecule has 1 aliphatic heterocycles. The van der Waals surface area contributed by atoms with Crippen molar-refractivity contribution in [1.82, 2.24) is 4.90 Å². The molecule has 0 saturated carbocycles. The number of nitrogens with zero attached hydrogens (tertiary/aromatic N) is 1. The highest BCUT2D eigenvalue weighted by molar-refractivity contribution is 7.77. The molecule has 1 aliphatic rings. The maximum absolute atomic E-state index is 11.4. The van der Waals surface area contributed by atoms with E-state index in [1.54, 1.807) is 13.2 Å². The van der Waals surface area contributed by atoms with Gasteiger partial charge < -0.3 is 25.4 Å². The zero-order valence-corrected chi connectivity index (χ0v) is 14.8. The molecular weight excluding hydrogens is 315 g/mol. The molecule has 23 heavy (non-hydrogen) atoms. The fourth-order valence-corrected chi connectivity index (χ4v) is 6.18. The minimum Gasteiger partial charge on any atom is -0.495 e. The molecule has 2 rings (SSSR count). The van der Waals surface area contributed by atoms with Crippen molar-refractivity contribution >= 4 is 24.6 Å². The molecule has 7 heteroatoms. The summed E-state index contributed by atoms with van der Waals surface area (Å²) >= 11 is 0. The molecule has 0 unspecified atom stereocenters. The van der Waals surface area contributed by atoms with Gasteiger partial charge in [0.2, 0.25) is 0 Å². The first-order chi connectivity index (χ1) is 10.8. The van der Waals surface area contributed by atoms with Crippen LogP contribution < -0.4 is 15.8 Å². The summed E-state index contributed by atoms with van der Waals surface area (Å²) in [7, 11) is -0.711. The second kappa shape index (κ2) is 6.93. The van der Waals surface area contributed by atoms with Crippen LogP contribution in [0.25, 0.3) is 0 Å². The largest absolute Gasteiger partial charge is 0.495 e. The summed E-state index contributed by atoms with van der Waals surface area (Å²) in [6, 6.07) is 5.36. The second-order valence-corrected chi connectivity index (χ2v) is 9.57. The maximum atomic E-state index is 11.4. The van der Waals surface area contributed by atoms with Crippen molar-refractivity contribution in [2.45, 2.75) is 38.8 Å². The molecular formula is C16H26N2O4P. The highest BCUT2D eigenvalue weighted by Crippen LogP contribution is 2.58. The smallest absolute Gasteiger partial charge is 0.407 e. The van der Waals surface area contributed by atoms with Gasteiger partial charge in [-0.15, -0.1) is 0 Å². The third-order valence-electron chi connectivity index (χ3n) is 4.53. The number of nitrogen functional groups attached to an aromatic ring is 1. The topological polar surface area (TPSA) is 96.0 Å². The van der Waals surface area contributed by atoms with Crippen molar-refractivity contribution in [3.05, 3.63) is 18.2 Å². The van der Waals surface area contributed by atoms with Crippen LogP contribution in [0.2, 0.25) is 0 Å². The van der Waals surface area contributed by atoms with Gasteiger partial charge in [0, 0.05) is 24.9 Å². The fourth-order valence-electron chi connectivity index (χ4n) is 3.28. The summed E-state index contributed by atoms with van der Waals surface area (Å²) in [4.78, 5) is 24.0. The lowest BCUT2D eigenvalue weighted by Crippen LogP contribution is -2.47. The van der Waals surface area contributed by atoms with Crippen LogP contribution in [-0.4, -0.2) is 52.5 Å². The van der Waals surface area contributed by atoms with Crippen LogP contribution in [0.3, 0.4) is 0 Å². The Morgan fingerprint density at radius 3 is 2.48 bits per heavy atom. The summed E-state index contributed by atoms with van der Waals surface area (Å²) in [6.07, 6.45) is 1.73. The monoisotopic (exact) mass is 341 g/mol. The molecule has 0 aromatic heterocycles. The van der Waals surface area contributed by atoms with Crippen molar-refractivity contribution in [3.63, 3.8) is 0 Å². The molecule has 1 amide bonds. The van der Waals surface area contributed by atoms with Gasteiger partial charge in [-0.2, -0.15) is 0 Å². The van der Waals surface area contributed by atoms with E-state index in [2.05, 4.69) is 0 Å². The number of rotatable bonds is 4. The predicted molar refractivity (Wildman–Crippen MR) is 93.9 cm³/mol. The number of benzene rings is 1. The van der Waals surface area contributed by atoms with E-state index in [1.165, 1.54) is 4.90 Å². The van der Waals surface area contributed by atoms with E-state index in [1.807, 2.05) is 26.0 Å². The molecule has 0 atom stereocenters. The molecule has 1 fully saturated rings. The maximum Gasteiger partial charge on any atom is 0.407 e. The Morgan fingerprint density at radius 1 is 1.39 bits per heavy atom. The number of anilines is 1. The molecule has 0 aliphatic carbocycles. The molecule has 1 aromatic rings. The number of hydrogen-bond donors (Lipinski definition) is 3. The first-order valence-electron chi connectivity index (χ1n) is 7.83. The first kappa shape index (κ1) is 17.8. The van der Waals surface area contributed by atoms with Gasteiger partial charge in [0.05, 0.1) is 12.8 Å². The van der Waals surface area contributed by atoms with Crippen molar-refractivity contribution in [1.29, 1.82) is 0 Å². The number of methoxy groups -OCH3 is 1. The van der Waals surface area contributed by atoms with Crippen LogP contribution in [0, 0.1) is 0 Å². The lowest BCUT2D eigenvalue weighted by Gasteiger charge is -2.42. The van der Waals surface area contributed by atoms with Gasteiger partial charge in [-0.05, 0) is 51.1 Å². The minimum atomic E-state index is -2.27. The minimum absolute atomic E-state index is 0.0246. The van der Waals surface area contributed by atoms with Crippen LogP contribution in [-0.2, 0) is 0 Å². The molecule has 1 heterocycles. The molecule has 1 aromatic carbocycles. The van der Waals surface area contributed by atoms with Crippen molar-refractivity contribution in [3.8, 4) is 5.75 Å². The van der Waals surface area contributed by atoms with Gasteiger partial charge in [0.15, 0.2) is 0 Å². The summed E-state index contributed by atoms with van der Waals surface area (Å²) in [5.74, 6) is 0.576. The van der Waals surface area contributed by atoms with E-state index < -0.39 is 13.6 Å². The average Bonchev–Trinajstić information content (AvgIpc) is 2.49. The Balaban J connectivity index is 2.15. The molecule has 0 bridgehead atoms. The Kier molecular flexibility index (Phi) is 5.37. The number of carboxylic acid groups (broad SMARTS) is 1. The SMILES string of the molecule is COc1cc([P]2(O)CCC(N(C(=O)O)C(C)C)CC2)ccc1N. The van der Waals surface area contributed by atoms with Crippen LogP contribution in [0.1, 0.15) is 26.7 Å². The Bertz CT molecular complexity index is 571. The lowest BCUT2D eigenvalue weighted by atomic mass is 10.1. The van der Waals surface area contributed by atoms with Gasteiger partial charge in [-0.3, -0.25) is 0 Å². The van der Waals surface area contributed by atoms with E-state index in [0.717, 1.165) is 5.30 Å². The van der Waals surface area contributed by atoms with Gasteiger partial charge in [-0.25, -0.2) is 4.79 Å². The van der Waals surface area contributed by atoms with E-state index in [9.17, 15) is 14.8 Å². The summed E-state index contributed by atoms with van der Waals surface area (Å²) in [5.41, 5.74) is 6.39. The molecule has 1 saturated heterocycles. The Labute approximate surface area is 137 Å². The normalized spacial score (nSPS) is 24.5. The molecule has 6 nitrogen and oxygen atoms in total. The number of hydrogen-bond acceptors (Lipinski definition) is 4. The first-order valence-corrected chi connectivity index (χ1v) is 9.95. The van der Waals surface area contributed by atoms with Crippen LogP contribution >= 0.6 is 7.49 Å². The zero-order valence-electron chi connectivity index (χ0n) is 13.9. The average molecular weight is 341 g/mol. The predicted octanol–water partition coefficient (Wildman–Crippen LogP) is 2.38. The van der Waals surface area contributed by atoms with Gasteiger partial charge in [0.1, 0.15) is 5.75 Å². The highest BCUT2D eigenvalue weighted by Gasteiger charge is 2.37. The third kappa shape index (κ3) is 3.70. The van der Waals surface area contributed by atoms with E-state index >= 15 is 0 Å². The second-order valence-electron chi connectivity index (χ2n) is 6.31. The van der Waals surface area contributed by atoms with Crippen molar-refractivity contribution < 1.29 is 19.5 Å². The van der Waals surface area contributed by atoms with Gasteiger partial charge in [-0.1, -0.05) is 6.07 Å². The van der Waals surface area contributed by atoms with Crippen LogP contribution in [0.15, 0.2) is 18.2 Å². The standard InChI is InChI=1S/C16H26N2O4P/c1-11(2)18(16(19)20)12-6-8-23(21,9-7-12)13-4-5-14(17)15(10-13)22-3/h4-5,10-12,21H,6-9,17H2,1-3H3,(H,19,20). The van der Waals surface area contributed by atoms with Crippen molar-refractivity contribution in [2.24, 2.45) is 0 Å². The number of nitrogens with two attached hydrogens (primary N) is 1. The lowest BCUT2D eigenvalue weighted by molar-refractivity contribution is 0.103. The summed E-state index contributed by atoms with van der Waals surface area (Å²) in [5, 5.41) is 10.3. The summed E-state index contributed by atoms with van der Waals surface area (Å²) < 4.78 is 5.24. The zero-order chi connectivity index (χ0) is 17.2. The quantitative estimate of drug-likeness (QED) is 0.577. The molecule has 4 N–H and O–H groups in total. The van der Waals surface area contributed by atoms with Gasteiger partial charge >= 0.3 is 6.09 Å². The number of carbonyl (C=O) groups is 1. The van der Waals surface area contributed by atoms with Gasteiger partial charge in [0.25, 0.3) is 0 Å². The molecule has 0 spiro atoms. The van der Waals surface area contributed by atoms with Crippen LogP contribution in [0.4, 0.5) is 10.5 Å². The Hall–Kier alpha value is -1.52. The Morgan fingerprint density at radius 2 is 2.00 bits per heavy atom. The van der Waals surface area contributed by atoms with Crippen molar-refractivity contribution in [2.75, 3.05) is 25.2 Å².